The highest BCUT2D eigenvalue weighted by Gasteiger charge is 2.41. The molecule has 5 nitrogen and oxygen atoms in total. The van der Waals surface area contributed by atoms with Gasteiger partial charge in [0.25, 0.3) is 11.8 Å². The summed E-state index contributed by atoms with van der Waals surface area (Å²) in [6, 6.07) is 3.04. The molecule has 2 amide bonds. The maximum absolute atomic E-state index is 14.8. The van der Waals surface area contributed by atoms with E-state index in [1.807, 2.05) is 6.08 Å². The second-order valence-corrected chi connectivity index (χ2v) is 8.10. The molecule has 0 atom stereocenters. The van der Waals surface area contributed by atoms with Crippen LogP contribution in [0.4, 0.5) is 10.1 Å². The van der Waals surface area contributed by atoms with Crippen LogP contribution < -0.4 is 10.4 Å². The van der Waals surface area contributed by atoms with Gasteiger partial charge in [-0.25, -0.2) is 9.29 Å². The Morgan fingerprint density at radius 1 is 1.07 bits per heavy atom. The third kappa shape index (κ3) is 2.78. The van der Waals surface area contributed by atoms with Gasteiger partial charge in [-0.2, -0.15) is 0 Å². The number of amides is 2. The number of hydrogen-bond acceptors (Lipinski definition) is 4. The lowest BCUT2D eigenvalue weighted by atomic mass is 9.86. The minimum Gasteiger partial charge on any atom is -0.276 e. The van der Waals surface area contributed by atoms with E-state index in [0.717, 1.165) is 34.6 Å². The number of imide groups is 1. The molecule has 0 bridgehead atoms. The van der Waals surface area contributed by atoms with Crippen molar-refractivity contribution in [3.05, 3.63) is 46.3 Å². The summed E-state index contributed by atoms with van der Waals surface area (Å²) in [5.74, 6) is -0.659. The fourth-order valence-corrected chi connectivity index (χ4v) is 4.47. The highest BCUT2D eigenvalue weighted by Crippen LogP contribution is 2.39. The molecule has 1 aromatic rings. The first kappa shape index (κ1) is 17.6. The molecule has 0 spiro atoms. The Morgan fingerprint density at radius 2 is 1.79 bits per heavy atom. The van der Waals surface area contributed by atoms with Crippen LogP contribution in [-0.2, 0) is 20.8 Å². The lowest BCUT2D eigenvalue weighted by Gasteiger charge is -2.25. The summed E-state index contributed by atoms with van der Waals surface area (Å²) in [7, 11) is 0. The zero-order valence-electron chi connectivity index (χ0n) is 15.7. The largest absolute Gasteiger partial charge is 0.276 e. The zero-order chi connectivity index (χ0) is 19.3. The number of hydrogen-bond donors (Lipinski definition) is 1. The summed E-state index contributed by atoms with van der Waals surface area (Å²) in [6.07, 6.45) is 9.20. The van der Waals surface area contributed by atoms with Crippen LogP contribution in [-0.4, -0.2) is 18.4 Å². The Morgan fingerprint density at radius 3 is 2.43 bits per heavy atom. The first-order valence-corrected chi connectivity index (χ1v) is 10.1. The van der Waals surface area contributed by atoms with Gasteiger partial charge >= 0.3 is 0 Å². The number of nitrogens with one attached hydrogen (secondary N) is 1. The van der Waals surface area contributed by atoms with Crippen LogP contribution in [0.15, 0.2) is 29.4 Å². The van der Waals surface area contributed by atoms with E-state index in [-0.39, 0.29) is 17.5 Å². The second kappa shape index (κ2) is 6.85. The van der Waals surface area contributed by atoms with Crippen molar-refractivity contribution < 1.29 is 18.8 Å². The fourth-order valence-electron chi connectivity index (χ4n) is 4.47. The number of anilines is 1. The average molecular weight is 382 g/mol. The van der Waals surface area contributed by atoms with Gasteiger partial charge in [0.1, 0.15) is 5.82 Å². The van der Waals surface area contributed by atoms with E-state index < -0.39 is 5.82 Å². The van der Waals surface area contributed by atoms with Crippen molar-refractivity contribution in [1.82, 2.24) is 5.48 Å². The lowest BCUT2D eigenvalue weighted by Crippen LogP contribution is -2.32. The fraction of sp³-hybridized carbons (Fsp3) is 0.455. The molecule has 0 saturated heterocycles. The third-order valence-electron chi connectivity index (χ3n) is 6.35. The van der Waals surface area contributed by atoms with Crippen LogP contribution in [0.5, 0.6) is 0 Å². The maximum atomic E-state index is 14.8. The number of halogens is 1. The Balaban J connectivity index is 1.39. The first-order valence-electron chi connectivity index (χ1n) is 10.1. The normalized spacial score (nSPS) is 21.6. The molecule has 3 aliphatic carbocycles. The van der Waals surface area contributed by atoms with Gasteiger partial charge in [0.05, 0.1) is 18.0 Å². The van der Waals surface area contributed by atoms with Crippen LogP contribution in [0.1, 0.15) is 56.1 Å². The van der Waals surface area contributed by atoms with Crippen LogP contribution in [0.3, 0.4) is 0 Å². The zero-order valence-corrected chi connectivity index (χ0v) is 15.7. The second-order valence-electron chi connectivity index (χ2n) is 8.10. The summed E-state index contributed by atoms with van der Waals surface area (Å²) in [4.78, 5) is 32.2. The Hall–Kier alpha value is -2.47. The van der Waals surface area contributed by atoms with Gasteiger partial charge in [0, 0.05) is 16.7 Å². The van der Waals surface area contributed by atoms with Crippen molar-refractivity contribution in [1.29, 1.82) is 0 Å². The van der Waals surface area contributed by atoms with Crippen LogP contribution in [0.25, 0.3) is 5.70 Å². The molecule has 1 heterocycles. The van der Waals surface area contributed by atoms with Gasteiger partial charge in [-0.05, 0) is 68.6 Å². The van der Waals surface area contributed by atoms with Gasteiger partial charge in [-0.15, -0.1) is 0 Å². The number of carbonyl (C=O) groups is 2. The van der Waals surface area contributed by atoms with Crippen LogP contribution in [0, 0.1) is 11.7 Å². The summed E-state index contributed by atoms with van der Waals surface area (Å²) < 4.78 is 14.8. The Labute approximate surface area is 163 Å². The smallest absolute Gasteiger partial charge is 0.261 e. The molecule has 28 heavy (non-hydrogen) atoms. The van der Waals surface area contributed by atoms with Crippen molar-refractivity contribution >= 4 is 23.2 Å². The highest BCUT2D eigenvalue weighted by atomic mass is 19.1. The van der Waals surface area contributed by atoms with E-state index in [9.17, 15) is 14.0 Å². The molecule has 0 unspecified atom stereocenters. The van der Waals surface area contributed by atoms with E-state index in [0.29, 0.717) is 42.9 Å². The molecule has 0 radical (unpaired) electrons. The molecular formula is C22H23FN2O3. The predicted octanol–water partition coefficient (Wildman–Crippen LogP) is 3.79. The van der Waals surface area contributed by atoms with Gasteiger partial charge in [-0.3, -0.25) is 19.9 Å². The predicted molar refractivity (Wildman–Crippen MR) is 102 cm³/mol. The summed E-state index contributed by atoms with van der Waals surface area (Å²) in [5, 5.41) is 0. The molecule has 1 aliphatic heterocycles. The van der Waals surface area contributed by atoms with Crippen LogP contribution in [0.2, 0.25) is 0 Å². The van der Waals surface area contributed by atoms with Gasteiger partial charge in [0.2, 0.25) is 0 Å². The maximum Gasteiger partial charge on any atom is 0.261 e. The third-order valence-corrected chi connectivity index (χ3v) is 6.35. The van der Waals surface area contributed by atoms with E-state index in [1.54, 1.807) is 6.07 Å². The molecular weight excluding hydrogens is 359 g/mol. The van der Waals surface area contributed by atoms with Crippen LogP contribution >= 0.6 is 0 Å². The molecule has 6 heteroatoms. The standard InChI is InChI=1S/C22H23FN2O3/c23-18-10-14-8-9-19(24-28-12-13-4-3-5-13)17(14)11-20(18)25-21(26)15-6-1-2-7-16(15)22(25)27/h9-11,13,24H,1-8,12H2. The molecule has 5 rings (SSSR count). The Bertz CT molecular complexity index is 902. The number of fused-ring (bicyclic) bond motifs is 1. The number of allylic oxidation sites excluding steroid dienone is 1. The molecule has 4 aliphatic rings. The molecule has 146 valence electrons. The molecule has 1 aromatic carbocycles. The Kier molecular flexibility index (Phi) is 4.31. The summed E-state index contributed by atoms with van der Waals surface area (Å²) >= 11 is 0. The van der Waals surface area contributed by atoms with Crippen molar-refractivity contribution in [2.45, 2.75) is 51.4 Å². The van der Waals surface area contributed by atoms with E-state index in [2.05, 4.69) is 5.48 Å². The number of carbonyl (C=O) groups excluding carboxylic acids is 2. The van der Waals surface area contributed by atoms with Gasteiger partial charge < -0.3 is 0 Å². The minimum atomic E-state index is -0.537. The quantitative estimate of drug-likeness (QED) is 0.622. The number of rotatable bonds is 5. The number of nitrogens with zero attached hydrogens (tertiary/aromatic N) is 1. The van der Waals surface area contributed by atoms with E-state index in [1.165, 1.54) is 25.3 Å². The molecule has 1 saturated carbocycles. The number of hydroxylamine groups is 1. The van der Waals surface area contributed by atoms with Crippen molar-refractivity contribution in [3.63, 3.8) is 0 Å². The molecule has 0 aromatic heterocycles. The number of benzene rings is 1. The summed E-state index contributed by atoms with van der Waals surface area (Å²) in [6.45, 7) is 0.653. The van der Waals surface area contributed by atoms with Crippen molar-refractivity contribution in [3.8, 4) is 0 Å². The van der Waals surface area contributed by atoms with E-state index in [4.69, 9.17) is 4.84 Å². The average Bonchev–Trinajstić information content (AvgIpc) is 3.16. The van der Waals surface area contributed by atoms with Gasteiger partial charge in [-0.1, -0.05) is 12.5 Å². The van der Waals surface area contributed by atoms with Crippen molar-refractivity contribution in [2.24, 2.45) is 5.92 Å². The molecule has 1 fully saturated rings. The molecule has 1 N–H and O–H groups in total. The SMILES string of the molecule is O=C1C2=C(CCCC2)C(=O)N1c1cc2c(cc1F)CC=C2NOCC1CCC1. The van der Waals surface area contributed by atoms with Crippen molar-refractivity contribution in [2.75, 3.05) is 11.5 Å². The topological polar surface area (TPSA) is 58.6 Å². The minimum absolute atomic E-state index is 0.0387. The lowest BCUT2D eigenvalue weighted by molar-refractivity contribution is -0.120. The summed E-state index contributed by atoms with van der Waals surface area (Å²) in [5.41, 5.74) is 6.54. The first-order chi connectivity index (χ1) is 13.6. The monoisotopic (exact) mass is 382 g/mol. The highest BCUT2D eigenvalue weighted by molar-refractivity contribution is 6.33. The van der Waals surface area contributed by atoms with Gasteiger partial charge in [0.15, 0.2) is 0 Å². The van der Waals surface area contributed by atoms with E-state index >= 15 is 0 Å².